The molecule has 1 aromatic heterocycles. The van der Waals surface area contributed by atoms with Crippen LogP contribution in [-0.2, 0) is 5.41 Å². The summed E-state index contributed by atoms with van der Waals surface area (Å²) in [6.07, 6.45) is 2.47. The molecule has 0 radical (unpaired) electrons. The number of nitrogens with one attached hydrogen (secondary N) is 1. The van der Waals surface area contributed by atoms with Crippen LogP contribution < -0.4 is 5.32 Å². The van der Waals surface area contributed by atoms with Gasteiger partial charge in [0.25, 0.3) is 0 Å². The fraction of sp³-hybridized carbons (Fsp3) is 0.857. The van der Waals surface area contributed by atoms with Gasteiger partial charge in [0.1, 0.15) is 0 Å². The first-order valence-electron chi connectivity index (χ1n) is 7.17. The van der Waals surface area contributed by atoms with E-state index in [2.05, 4.69) is 48.1 Å². The highest BCUT2D eigenvalue weighted by atomic mass is 16.5. The molecule has 1 aromatic rings. The van der Waals surface area contributed by atoms with Gasteiger partial charge in [-0.1, -0.05) is 25.9 Å². The molecule has 5 heteroatoms. The van der Waals surface area contributed by atoms with Crippen molar-refractivity contribution in [2.24, 2.45) is 0 Å². The van der Waals surface area contributed by atoms with E-state index in [9.17, 15) is 0 Å². The summed E-state index contributed by atoms with van der Waals surface area (Å²) in [5.41, 5.74) is -0.0587. The smallest absolute Gasteiger partial charge is 0.243 e. The minimum Gasteiger partial charge on any atom is -0.338 e. The van der Waals surface area contributed by atoms with Crippen LogP contribution in [0.15, 0.2) is 4.52 Å². The van der Waals surface area contributed by atoms with E-state index in [4.69, 9.17) is 4.52 Å². The lowest BCUT2D eigenvalue weighted by molar-refractivity contribution is 0.126. The second kappa shape index (κ2) is 5.59. The normalized spacial score (nSPS) is 23.5. The van der Waals surface area contributed by atoms with E-state index in [1.807, 2.05) is 7.05 Å². The molecule has 0 bridgehead atoms. The highest BCUT2D eigenvalue weighted by molar-refractivity contribution is 5.02. The highest BCUT2D eigenvalue weighted by Gasteiger charge is 2.28. The molecule has 0 aliphatic carbocycles. The molecule has 1 fully saturated rings. The first-order chi connectivity index (χ1) is 8.91. The summed E-state index contributed by atoms with van der Waals surface area (Å²) in [5, 5.41) is 7.48. The zero-order valence-corrected chi connectivity index (χ0v) is 12.7. The van der Waals surface area contributed by atoms with Crippen molar-refractivity contribution in [3.8, 4) is 0 Å². The number of likely N-dealkylation sites (tertiary alicyclic amines) is 1. The van der Waals surface area contributed by atoms with Gasteiger partial charge < -0.3 is 9.84 Å². The van der Waals surface area contributed by atoms with Crippen molar-refractivity contribution in [3.63, 3.8) is 0 Å². The van der Waals surface area contributed by atoms with Crippen molar-refractivity contribution in [2.45, 2.75) is 58.0 Å². The summed E-state index contributed by atoms with van der Waals surface area (Å²) in [5.74, 6) is 1.53. The van der Waals surface area contributed by atoms with Crippen LogP contribution in [0.25, 0.3) is 0 Å². The number of hydrogen-bond acceptors (Lipinski definition) is 5. The fourth-order valence-corrected chi connectivity index (χ4v) is 2.46. The maximum atomic E-state index is 5.45. The standard InChI is InChI=1S/C14H26N4O/c1-10(18-8-6-7-11(9-18)15-5)12-16-13(17-19-12)14(2,3)4/h10-11,15H,6-9H2,1-5H3. The summed E-state index contributed by atoms with van der Waals surface area (Å²) >= 11 is 0. The summed E-state index contributed by atoms with van der Waals surface area (Å²) in [4.78, 5) is 6.99. The monoisotopic (exact) mass is 266 g/mol. The number of hydrogen-bond donors (Lipinski definition) is 1. The van der Waals surface area contributed by atoms with Gasteiger partial charge in [0.05, 0.1) is 6.04 Å². The lowest BCUT2D eigenvalue weighted by atomic mass is 9.96. The Hall–Kier alpha value is -0.940. The zero-order valence-electron chi connectivity index (χ0n) is 12.7. The molecule has 2 rings (SSSR count). The quantitative estimate of drug-likeness (QED) is 0.908. The Morgan fingerprint density at radius 1 is 1.42 bits per heavy atom. The molecule has 2 heterocycles. The predicted molar refractivity (Wildman–Crippen MR) is 75.1 cm³/mol. The molecule has 108 valence electrons. The van der Waals surface area contributed by atoms with Gasteiger partial charge in [-0.25, -0.2) is 0 Å². The predicted octanol–water partition coefficient (Wildman–Crippen LogP) is 2.11. The van der Waals surface area contributed by atoms with Gasteiger partial charge in [0.2, 0.25) is 5.89 Å². The maximum absolute atomic E-state index is 5.45. The van der Waals surface area contributed by atoms with E-state index in [0.717, 1.165) is 24.8 Å². The summed E-state index contributed by atoms with van der Waals surface area (Å²) in [6.45, 7) is 10.6. The Kier molecular flexibility index (Phi) is 4.26. The molecular weight excluding hydrogens is 240 g/mol. The molecule has 0 saturated carbocycles. The third kappa shape index (κ3) is 3.34. The van der Waals surface area contributed by atoms with Gasteiger partial charge in [-0.15, -0.1) is 0 Å². The number of aromatic nitrogens is 2. The van der Waals surface area contributed by atoms with E-state index in [0.29, 0.717) is 6.04 Å². The van der Waals surface area contributed by atoms with Crippen LogP contribution in [0.5, 0.6) is 0 Å². The second-order valence-corrected chi connectivity index (χ2v) is 6.50. The highest BCUT2D eigenvalue weighted by Crippen LogP contribution is 2.25. The van der Waals surface area contributed by atoms with E-state index in [1.54, 1.807) is 0 Å². The number of nitrogens with zero attached hydrogens (tertiary/aromatic N) is 3. The van der Waals surface area contributed by atoms with Gasteiger partial charge in [0, 0.05) is 18.0 Å². The molecule has 5 nitrogen and oxygen atoms in total. The van der Waals surface area contributed by atoms with Crippen LogP contribution >= 0.6 is 0 Å². The van der Waals surface area contributed by atoms with Crippen LogP contribution in [0, 0.1) is 0 Å². The third-order valence-electron chi connectivity index (χ3n) is 3.88. The molecule has 0 amide bonds. The Morgan fingerprint density at radius 2 is 2.16 bits per heavy atom. The molecule has 1 saturated heterocycles. The average molecular weight is 266 g/mol. The van der Waals surface area contributed by atoms with Crippen LogP contribution in [-0.4, -0.2) is 41.2 Å². The van der Waals surface area contributed by atoms with Crippen LogP contribution in [0.1, 0.15) is 58.3 Å². The lowest BCUT2D eigenvalue weighted by Crippen LogP contribution is -2.45. The van der Waals surface area contributed by atoms with Crippen molar-refractivity contribution >= 4 is 0 Å². The molecule has 0 spiro atoms. The fourth-order valence-electron chi connectivity index (χ4n) is 2.46. The zero-order chi connectivity index (χ0) is 14.0. The van der Waals surface area contributed by atoms with Crippen LogP contribution in [0.4, 0.5) is 0 Å². The molecule has 2 unspecified atom stereocenters. The second-order valence-electron chi connectivity index (χ2n) is 6.50. The first kappa shape index (κ1) is 14.5. The lowest BCUT2D eigenvalue weighted by Gasteiger charge is -2.35. The van der Waals surface area contributed by atoms with Gasteiger partial charge in [-0.3, -0.25) is 4.90 Å². The third-order valence-corrected chi connectivity index (χ3v) is 3.88. The summed E-state index contributed by atoms with van der Waals surface area (Å²) < 4.78 is 5.45. The molecule has 1 N–H and O–H groups in total. The summed E-state index contributed by atoms with van der Waals surface area (Å²) in [7, 11) is 2.03. The number of piperidine rings is 1. The van der Waals surface area contributed by atoms with Crippen molar-refractivity contribution in [1.82, 2.24) is 20.4 Å². The van der Waals surface area contributed by atoms with Gasteiger partial charge in [-0.2, -0.15) is 4.98 Å². The molecule has 1 aliphatic rings. The molecule has 1 aliphatic heterocycles. The SMILES string of the molecule is CNC1CCCN(C(C)c2nc(C(C)(C)C)no2)C1. The molecule has 0 aromatic carbocycles. The van der Waals surface area contributed by atoms with E-state index in [-0.39, 0.29) is 11.5 Å². The molecule has 2 atom stereocenters. The van der Waals surface area contributed by atoms with Crippen molar-refractivity contribution < 1.29 is 4.52 Å². The minimum absolute atomic E-state index is 0.0587. The van der Waals surface area contributed by atoms with Crippen molar-refractivity contribution in [2.75, 3.05) is 20.1 Å². The van der Waals surface area contributed by atoms with Crippen molar-refractivity contribution in [1.29, 1.82) is 0 Å². The van der Waals surface area contributed by atoms with E-state index >= 15 is 0 Å². The van der Waals surface area contributed by atoms with Crippen molar-refractivity contribution in [3.05, 3.63) is 11.7 Å². The minimum atomic E-state index is -0.0587. The van der Waals surface area contributed by atoms with Gasteiger partial charge in [0.15, 0.2) is 5.82 Å². The molecule has 19 heavy (non-hydrogen) atoms. The first-order valence-corrected chi connectivity index (χ1v) is 7.17. The Bertz CT molecular complexity index is 410. The Balaban J connectivity index is 2.06. The van der Waals surface area contributed by atoms with Gasteiger partial charge >= 0.3 is 0 Å². The van der Waals surface area contributed by atoms with Crippen LogP contribution in [0.2, 0.25) is 0 Å². The van der Waals surface area contributed by atoms with E-state index < -0.39 is 0 Å². The number of rotatable bonds is 3. The Labute approximate surface area is 115 Å². The number of likely N-dealkylation sites (N-methyl/N-ethyl adjacent to an activating group) is 1. The topological polar surface area (TPSA) is 54.2 Å². The summed E-state index contributed by atoms with van der Waals surface area (Å²) in [6, 6.07) is 0.765. The van der Waals surface area contributed by atoms with E-state index in [1.165, 1.54) is 12.8 Å². The largest absolute Gasteiger partial charge is 0.338 e. The average Bonchev–Trinajstić information content (AvgIpc) is 2.87. The molecular formula is C14H26N4O. The van der Waals surface area contributed by atoms with Gasteiger partial charge in [-0.05, 0) is 33.4 Å². The van der Waals surface area contributed by atoms with Crippen LogP contribution in [0.3, 0.4) is 0 Å². The Morgan fingerprint density at radius 3 is 2.74 bits per heavy atom. The maximum Gasteiger partial charge on any atom is 0.243 e.